The molecule has 1 fully saturated rings. The van der Waals surface area contributed by atoms with E-state index in [2.05, 4.69) is 16.5 Å². The lowest BCUT2D eigenvalue weighted by atomic mass is 9.98. The predicted molar refractivity (Wildman–Crippen MR) is 121 cm³/mol. The average Bonchev–Trinajstić information content (AvgIpc) is 3.35. The molecule has 0 saturated carbocycles. The molecular weight excluding hydrogens is 420 g/mol. The molecule has 1 saturated heterocycles. The quantitative estimate of drug-likeness (QED) is 0.621. The van der Waals surface area contributed by atoms with Gasteiger partial charge in [0.15, 0.2) is 11.5 Å². The highest BCUT2D eigenvalue weighted by Crippen LogP contribution is 2.33. The van der Waals surface area contributed by atoms with Crippen LogP contribution in [0.3, 0.4) is 0 Å². The van der Waals surface area contributed by atoms with E-state index in [1.165, 1.54) is 0 Å². The fourth-order valence-corrected chi connectivity index (χ4v) is 3.97. The molecule has 3 aromatic rings. The number of hydrogen-bond donors (Lipinski definition) is 1. The lowest BCUT2D eigenvalue weighted by Gasteiger charge is -2.34. The minimum atomic E-state index is -0.390. The number of piperidine rings is 1. The molecule has 1 aromatic heterocycles. The maximum atomic E-state index is 13.1. The van der Waals surface area contributed by atoms with Crippen LogP contribution in [0.25, 0.3) is 0 Å². The van der Waals surface area contributed by atoms with Crippen molar-refractivity contribution in [3.05, 3.63) is 76.7 Å². The molecule has 1 unspecified atom stereocenters. The fourth-order valence-electron chi connectivity index (χ4n) is 3.97. The van der Waals surface area contributed by atoms with Gasteiger partial charge in [-0.3, -0.25) is 9.59 Å². The second kappa shape index (κ2) is 9.57. The Balaban J connectivity index is 1.51. The summed E-state index contributed by atoms with van der Waals surface area (Å²) >= 11 is 0. The number of ether oxygens (including phenoxy) is 1. The maximum Gasteiger partial charge on any atom is 0.277 e. The molecular formula is C25H24N4O4. The molecule has 4 rings (SSSR count). The molecule has 1 aliphatic rings. The van der Waals surface area contributed by atoms with Crippen LogP contribution in [0.15, 0.2) is 53.1 Å². The van der Waals surface area contributed by atoms with Gasteiger partial charge in [-0.2, -0.15) is 5.26 Å². The summed E-state index contributed by atoms with van der Waals surface area (Å²) in [7, 11) is 1.59. The molecule has 2 aromatic carbocycles. The van der Waals surface area contributed by atoms with Crippen LogP contribution in [0.4, 0.5) is 5.69 Å². The number of nitrogens with one attached hydrogen (secondary N) is 1. The Labute approximate surface area is 191 Å². The summed E-state index contributed by atoms with van der Waals surface area (Å²) in [6, 6.07) is 15.3. The van der Waals surface area contributed by atoms with Crippen LogP contribution in [-0.4, -0.2) is 35.5 Å². The van der Waals surface area contributed by atoms with E-state index in [-0.39, 0.29) is 23.6 Å². The normalized spacial score (nSPS) is 15.5. The lowest BCUT2D eigenvalue weighted by molar-refractivity contribution is 0.0570. The van der Waals surface area contributed by atoms with E-state index in [1.807, 2.05) is 13.0 Å². The van der Waals surface area contributed by atoms with Crippen LogP contribution in [-0.2, 0) is 0 Å². The van der Waals surface area contributed by atoms with Gasteiger partial charge in [-0.15, -0.1) is 0 Å². The largest absolute Gasteiger partial charge is 0.497 e. The van der Waals surface area contributed by atoms with Gasteiger partial charge < -0.3 is 19.5 Å². The van der Waals surface area contributed by atoms with Gasteiger partial charge in [0.05, 0.1) is 24.8 Å². The van der Waals surface area contributed by atoms with Gasteiger partial charge in [0, 0.05) is 23.9 Å². The van der Waals surface area contributed by atoms with E-state index in [4.69, 9.17) is 14.5 Å². The van der Waals surface area contributed by atoms with E-state index in [0.717, 1.165) is 24.8 Å². The number of nitriles is 1. The summed E-state index contributed by atoms with van der Waals surface area (Å²) in [5.74, 6) is 0.659. The first kappa shape index (κ1) is 22.1. The summed E-state index contributed by atoms with van der Waals surface area (Å²) in [6.07, 6.45) is 2.54. The fraction of sp³-hybridized carbons (Fsp3) is 0.280. The first-order valence-corrected chi connectivity index (χ1v) is 10.7. The summed E-state index contributed by atoms with van der Waals surface area (Å²) in [5, 5.41) is 15.8. The number of carbonyl (C=O) groups excluding carboxylic acids is 2. The highest BCUT2D eigenvalue weighted by Gasteiger charge is 2.32. The molecule has 0 aliphatic carbocycles. The van der Waals surface area contributed by atoms with E-state index < -0.39 is 0 Å². The monoisotopic (exact) mass is 444 g/mol. The number of hydrogen-bond acceptors (Lipinski definition) is 6. The topological polar surface area (TPSA) is 108 Å². The number of likely N-dealkylation sites (tertiary alicyclic amines) is 1. The van der Waals surface area contributed by atoms with Crippen LogP contribution in [0.2, 0.25) is 0 Å². The third-order valence-corrected chi connectivity index (χ3v) is 5.80. The van der Waals surface area contributed by atoms with Crippen molar-refractivity contribution in [1.82, 2.24) is 10.1 Å². The Morgan fingerprint density at radius 3 is 2.67 bits per heavy atom. The van der Waals surface area contributed by atoms with Gasteiger partial charge in [0.2, 0.25) is 0 Å². The average molecular weight is 444 g/mol. The van der Waals surface area contributed by atoms with E-state index >= 15 is 0 Å². The number of benzene rings is 2. The number of anilines is 1. The number of carbonyl (C=O) groups is 2. The van der Waals surface area contributed by atoms with E-state index in [9.17, 15) is 9.59 Å². The molecule has 1 aliphatic heterocycles. The SMILES string of the molecule is COc1ccc(NC(=O)c2cc(C3CCCCN3C(=O)c3ccc(C#N)cc3)on2)c(C)c1. The van der Waals surface area contributed by atoms with Crippen molar-refractivity contribution >= 4 is 17.5 Å². The number of amides is 2. The first-order valence-electron chi connectivity index (χ1n) is 10.7. The highest BCUT2D eigenvalue weighted by atomic mass is 16.5. The third kappa shape index (κ3) is 4.72. The minimum Gasteiger partial charge on any atom is -0.497 e. The van der Waals surface area contributed by atoms with Crippen LogP contribution in [0.1, 0.15) is 63.0 Å². The van der Waals surface area contributed by atoms with Crippen LogP contribution in [0.5, 0.6) is 5.75 Å². The van der Waals surface area contributed by atoms with Gasteiger partial charge in [0.25, 0.3) is 11.8 Å². The van der Waals surface area contributed by atoms with Crippen molar-refractivity contribution in [3.63, 3.8) is 0 Å². The molecule has 168 valence electrons. The molecule has 2 amide bonds. The molecule has 1 N–H and O–H groups in total. The standard InChI is InChI=1S/C25H24N4O4/c1-16-13-19(32-2)10-11-20(16)27-24(30)21-14-23(33-28-21)22-5-3-4-12-29(22)25(31)18-8-6-17(15-26)7-9-18/h6-11,13-14,22H,3-5,12H2,1-2H3,(H,27,30). The van der Waals surface area contributed by atoms with Crippen molar-refractivity contribution < 1.29 is 18.8 Å². The van der Waals surface area contributed by atoms with Gasteiger partial charge in [0.1, 0.15) is 5.75 Å². The van der Waals surface area contributed by atoms with Crippen molar-refractivity contribution in [3.8, 4) is 11.8 Å². The van der Waals surface area contributed by atoms with Crippen LogP contribution < -0.4 is 10.1 Å². The number of nitrogens with zero attached hydrogens (tertiary/aromatic N) is 3. The molecule has 2 heterocycles. The van der Waals surface area contributed by atoms with Crippen molar-refractivity contribution in [2.24, 2.45) is 0 Å². The Morgan fingerprint density at radius 2 is 1.97 bits per heavy atom. The van der Waals surface area contributed by atoms with Crippen molar-refractivity contribution in [2.45, 2.75) is 32.2 Å². The molecule has 8 nitrogen and oxygen atoms in total. The van der Waals surface area contributed by atoms with Crippen molar-refractivity contribution in [2.75, 3.05) is 19.0 Å². The molecule has 33 heavy (non-hydrogen) atoms. The van der Waals surface area contributed by atoms with E-state index in [0.29, 0.717) is 34.9 Å². The van der Waals surface area contributed by atoms with Crippen LogP contribution in [0, 0.1) is 18.3 Å². The lowest BCUT2D eigenvalue weighted by Crippen LogP contribution is -2.38. The second-order valence-electron chi connectivity index (χ2n) is 7.95. The molecule has 8 heteroatoms. The maximum absolute atomic E-state index is 13.1. The van der Waals surface area contributed by atoms with Crippen LogP contribution >= 0.6 is 0 Å². The minimum absolute atomic E-state index is 0.138. The van der Waals surface area contributed by atoms with Gasteiger partial charge in [-0.1, -0.05) is 5.16 Å². The Kier molecular flexibility index (Phi) is 6.41. The zero-order valence-electron chi connectivity index (χ0n) is 18.5. The number of aromatic nitrogens is 1. The smallest absolute Gasteiger partial charge is 0.277 e. The Hall–Kier alpha value is -4.12. The summed E-state index contributed by atoms with van der Waals surface area (Å²) in [6.45, 7) is 2.46. The summed E-state index contributed by atoms with van der Waals surface area (Å²) < 4.78 is 10.7. The Bertz CT molecular complexity index is 1210. The highest BCUT2D eigenvalue weighted by molar-refractivity contribution is 6.03. The van der Waals surface area contributed by atoms with E-state index in [1.54, 1.807) is 54.5 Å². The second-order valence-corrected chi connectivity index (χ2v) is 7.95. The number of methoxy groups -OCH3 is 1. The van der Waals surface area contributed by atoms with Crippen molar-refractivity contribution in [1.29, 1.82) is 5.26 Å². The summed E-state index contributed by atoms with van der Waals surface area (Å²) in [5.41, 5.74) is 2.67. The predicted octanol–water partition coefficient (Wildman–Crippen LogP) is 4.48. The first-order chi connectivity index (χ1) is 16.0. The van der Waals surface area contributed by atoms with Gasteiger partial charge in [-0.05, 0) is 74.2 Å². The zero-order chi connectivity index (χ0) is 23.4. The molecule has 0 bridgehead atoms. The molecule has 1 atom stereocenters. The number of rotatable bonds is 5. The Morgan fingerprint density at radius 1 is 1.18 bits per heavy atom. The summed E-state index contributed by atoms with van der Waals surface area (Å²) in [4.78, 5) is 27.6. The van der Waals surface area contributed by atoms with Gasteiger partial charge >= 0.3 is 0 Å². The molecule has 0 radical (unpaired) electrons. The van der Waals surface area contributed by atoms with Gasteiger partial charge in [-0.25, -0.2) is 0 Å². The molecule has 0 spiro atoms. The number of aryl methyl sites for hydroxylation is 1. The zero-order valence-corrected chi connectivity index (χ0v) is 18.5. The third-order valence-electron chi connectivity index (χ3n) is 5.80.